The van der Waals surface area contributed by atoms with Crippen molar-refractivity contribution < 1.29 is 13.9 Å². The predicted molar refractivity (Wildman–Crippen MR) is 93.2 cm³/mol. The van der Waals surface area contributed by atoms with Gasteiger partial charge in [-0.1, -0.05) is 18.2 Å². The molecule has 130 valence electrons. The average Bonchev–Trinajstić information content (AvgIpc) is 3.29. The standard InChI is InChI=1S/C19H21N3O3/c1-22-12-11-20-19(22)18(15-7-3-4-8-16(15)24-2)21-17(23)10-9-14-6-5-13-25-14/h3-8,11-13,18H,9-10H2,1-2H3,(H,21,23). The molecule has 1 aromatic carbocycles. The highest BCUT2D eigenvalue weighted by Gasteiger charge is 2.23. The summed E-state index contributed by atoms with van der Waals surface area (Å²) in [4.78, 5) is 16.9. The van der Waals surface area contributed by atoms with Crippen LogP contribution in [-0.2, 0) is 18.3 Å². The van der Waals surface area contributed by atoms with Crippen LogP contribution in [0.15, 0.2) is 59.5 Å². The molecule has 1 N–H and O–H groups in total. The van der Waals surface area contributed by atoms with E-state index in [1.807, 2.05) is 54.2 Å². The van der Waals surface area contributed by atoms with Gasteiger partial charge in [-0.25, -0.2) is 4.98 Å². The Morgan fingerprint density at radius 1 is 1.32 bits per heavy atom. The van der Waals surface area contributed by atoms with Gasteiger partial charge in [0.2, 0.25) is 5.91 Å². The Kier molecular flexibility index (Phi) is 5.18. The zero-order valence-electron chi connectivity index (χ0n) is 14.3. The third-order valence-corrected chi connectivity index (χ3v) is 4.05. The molecule has 25 heavy (non-hydrogen) atoms. The lowest BCUT2D eigenvalue weighted by Gasteiger charge is -2.21. The molecule has 0 spiro atoms. The Labute approximate surface area is 146 Å². The second-order valence-electron chi connectivity index (χ2n) is 5.72. The monoisotopic (exact) mass is 339 g/mol. The lowest BCUT2D eigenvalue weighted by Crippen LogP contribution is -2.31. The summed E-state index contributed by atoms with van der Waals surface area (Å²) >= 11 is 0. The van der Waals surface area contributed by atoms with Gasteiger partial charge in [0.1, 0.15) is 23.4 Å². The Morgan fingerprint density at radius 2 is 2.16 bits per heavy atom. The molecule has 0 saturated carbocycles. The predicted octanol–water partition coefficient (Wildman–Crippen LogP) is 2.86. The molecule has 1 atom stereocenters. The van der Waals surface area contributed by atoms with Crippen molar-refractivity contribution in [1.29, 1.82) is 0 Å². The van der Waals surface area contributed by atoms with Crippen molar-refractivity contribution >= 4 is 5.91 Å². The van der Waals surface area contributed by atoms with E-state index in [1.165, 1.54) is 0 Å². The Morgan fingerprint density at radius 3 is 2.84 bits per heavy atom. The number of nitrogens with zero attached hydrogens (tertiary/aromatic N) is 2. The maximum Gasteiger partial charge on any atom is 0.221 e. The van der Waals surface area contributed by atoms with Gasteiger partial charge < -0.3 is 19.0 Å². The Hall–Kier alpha value is -3.02. The maximum atomic E-state index is 12.5. The molecule has 0 radical (unpaired) electrons. The fourth-order valence-corrected chi connectivity index (χ4v) is 2.77. The van der Waals surface area contributed by atoms with Crippen LogP contribution in [0.4, 0.5) is 0 Å². The van der Waals surface area contributed by atoms with Crippen LogP contribution in [0, 0.1) is 0 Å². The number of rotatable bonds is 7. The topological polar surface area (TPSA) is 69.3 Å². The normalized spacial score (nSPS) is 11.9. The van der Waals surface area contributed by atoms with Gasteiger partial charge in [0, 0.05) is 37.8 Å². The molecule has 0 saturated heterocycles. The molecule has 0 aliphatic carbocycles. The van der Waals surface area contributed by atoms with Gasteiger partial charge in [0.15, 0.2) is 0 Å². The summed E-state index contributed by atoms with van der Waals surface area (Å²) in [6.45, 7) is 0. The van der Waals surface area contributed by atoms with Gasteiger partial charge in [-0.3, -0.25) is 4.79 Å². The smallest absolute Gasteiger partial charge is 0.221 e. The van der Waals surface area contributed by atoms with Crippen LogP contribution in [0.2, 0.25) is 0 Å². The molecule has 3 aromatic rings. The number of methoxy groups -OCH3 is 1. The van der Waals surface area contributed by atoms with E-state index in [-0.39, 0.29) is 11.9 Å². The number of hydrogen-bond acceptors (Lipinski definition) is 4. The minimum atomic E-state index is -0.389. The molecule has 1 unspecified atom stereocenters. The summed E-state index contributed by atoms with van der Waals surface area (Å²) in [7, 11) is 3.52. The molecular weight excluding hydrogens is 318 g/mol. The van der Waals surface area contributed by atoms with Crippen LogP contribution in [-0.4, -0.2) is 22.6 Å². The molecule has 1 amide bonds. The minimum absolute atomic E-state index is 0.0738. The third-order valence-electron chi connectivity index (χ3n) is 4.05. The van der Waals surface area contributed by atoms with E-state index >= 15 is 0 Å². The van der Waals surface area contributed by atoms with E-state index in [1.54, 1.807) is 19.6 Å². The Balaban J connectivity index is 1.82. The van der Waals surface area contributed by atoms with Crippen molar-refractivity contribution in [3.05, 3.63) is 72.2 Å². The molecule has 3 rings (SSSR count). The molecule has 6 heteroatoms. The number of nitrogens with one attached hydrogen (secondary N) is 1. The number of aryl methyl sites for hydroxylation is 2. The Bertz CT molecular complexity index is 824. The zero-order chi connectivity index (χ0) is 17.6. The molecule has 6 nitrogen and oxygen atoms in total. The summed E-state index contributed by atoms with van der Waals surface area (Å²) in [5, 5.41) is 3.07. The van der Waals surface area contributed by atoms with E-state index < -0.39 is 0 Å². The number of amides is 1. The van der Waals surface area contributed by atoms with Crippen LogP contribution < -0.4 is 10.1 Å². The third kappa shape index (κ3) is 3.91. The first-order valence-electron chi connectivity index (χ1n) is 8.11. The van der Waals surface area contributed by atoms with E-state index in [2.05, 4.69) is 10.3 Å². The highest BCUT2D eigenvalue weighted by molar-refractivity contribution is 5.77. The number of aromatic nitrogens is 2. The van der Waals surface area contributed by atoms with E-state index in [9.17, 15) is 4.79 Å². The van der Waals surface area contributed by atoms with Crippen molar-refractivity contribution in [2.45, 2.75) is 18.9 Å². The first-order chi connectivity index (χ1) is 12.2. The summed E-state index contributed by atoms with van der Waals surface area (Å²) in [6.07, 6.45) is 6.07. The van der Waals surface area contributed by atoms with Gasteiger partial charge in [0.25, 0.3) is 0 Å². The summed E-state index contributed by atoms with van der Waals surface area (Å²) < 4.78 is 12.6. The molecule has 2 aromatic heterocycles. The number of benzene rings is 1. The van der Waals surface area contributed by atoms with Crippen molar-refractivity contribution in [2.24, 2.45) is 7.05 Å². The van der Waals surface area contributed by atoms with Crippen LogP contribution in [0.3, 0.4) is 0 Å². The largest absolute Gasteiger partial charge is 0.496 e. The zero-order valence-corrected chi connectivity index (χ0v) is 14.3. The highest BCUT2D eigenvalue weighted by atomic mass is 16.5. The van der Waals surface area contributed by atoms with E-state index in [0.717, 1.165) is 17.1 Å². The fraction of sp³-hybridized carbons (Fsp3) is 0.263. The molecule has 0 bridgehead atoms. The van der Waals surface area contributed by atoms with Gasteiger partial charge in [-0.05, 0) is 18.2 Å². The average molecular weight is 339 g/mol. The van der Waals surface area contributed by atoms with E-state index in [4.69, 9.17) is 9.15 Å². The number of carbonyl (C=O) groups excluding carboxylic acids is 1. The number of ether oxygens (including phenoxy) is 1. The van der Waals surface area contributed by atoms with Crippen LogP contribution >= 0.6 is 0 Å². The SMILES string of the molecule is COc1ccccc1C(NC(=O)CCc1ccco1)c1nccn1C. The number of furan rings is 1. The number of para-hydroxylation sites is 1. The molecule has 2 heterocycles. The molecule has 0 fully saturated rings. The first-order valence-corrected chi connectivity index (χ1v) is 8.11. The van der Waals surface area contributed by atoms with Crippen LogP contribution in [0.5, 0.6) is 5.75 Å². The minimum Gasteiger partial charge on any atom is -0.496 e. The van der Waals surface area contributed by atoms with Gasteiger partial charge in [-0.15, -0.1) is 0 Å². The van der Waals surface area contributed by atoms with Crippen molar-refractivity contribution in [2.75, 3.05) is 7.11 Å². The number of imidazole rings is 1. The second-order valence-corrected chi connectivity index (χ2v) is 5.72. The van der Waals surface area contributed by atoms with Gasteiger partial charge in [-0.2, -0.15) is 0 Å². The summed E-state index contributed by atoms with van der Waals surface area (Å²) in [5.74, 6) is 2.17. The van der Waals surface area contributed by atoms with Gasteiger partial charge >= 0.3 is 0 Å². The first kappa shape index (κ1) is 16.8. The molecular formula is C19H21N3O3. The van der Waals surface area contributed by atoms with Crippen molar-refractivity contribution in [3.63, 3.8) is 0 Å². The van der Waals surface area contributed by atoms with Gasteiger partial charge in [0.05, 0.1) is 13.4 Å². The number of hydrogen-bond donors (Lipinski definition) is 1. The van der Waals surface area contributed by atoms with Crippen LogP contribution in [0.1, 0.15) is 29.6 Å². The highest BCUT2D eigenvalue weighted by Crippen LogP contribution is 2.29. The fourth-order valence-electron chi connectivity index (χ4n) is 2.77. The lowest BCUT2D eigenvalue weighted by atomic mass is 10.0. The summed E-state index contributed by atoms with van der Waals surface area (Å²) in [5.41, 5.74) is 0.866. The lowest BCUT2D eigenvalue weighted by molar-refractivity contribution is -0.121. The second kappa shape index (κ2) is 7.70. The van der Waals surface area contributed by atoms with Crippen molar-refractivity contribution in [3.8, 4) is 5.75 Å². The summed E-state index contributed by atoms with van der Waals surface area (Å²) in [6, 6.07) is 10.9. The quantitative estimate of drug-likeness (QED) is 0.719. The van der Waals surface area contributed by atoms with Crippen molar-refractivity contribution in [1.82, 2.24) is 14.9 Å². The van der Waals surface area contributed by atoms with E-state index in [0.29, 0.717) is 18.6 Å². The van der Waals surface area contributed by atoms with Crippen LogP contribution in [0.25, 0.3) is 0 Å². The number of carbonyl (C=O) groups is 1. The molecule has 0 aliphatic heterocycles. The maximum absolute atomic E-state index is 12.5. The molecule has 0 aliphatic rings.